The van der Waals surface area contributed by atoms with E-state index in [0.29, 0.717) is 0 Å². The van der Waals surface area contributed by atoms with Crippen molar-refractivity contribution in [1.29, 1.82) is 0 Å². The predicted octanol–water partition coefficient (Wildman–Crippen LogP) is 3.53. The van der Waals surface area contributed by atoms with Crippen LogP contribution in [0.5, 0.6) is 0 Å². The molecule has 2 nitrogen and oxygen atoms in total. The monoisotopic (exact) mass is 269 g/mol. The number of nitrogens with one attached hydrogen (secondary N) is 1. The summed E-state index contributed by atoms with van der Waals surface area (Å²) < 4.78 is 0. The number of thiophene rings is 1. The van der Waals surface area contributed by atoms with Gasteiger partial charge in [-0.25, -0.2) is 0 Å². The molecule has 3 heteroatoms. The maximum Gasteiger partial charge on any atom is 0.0508 e. The molecule has 0 aliphatic heterocycles. The lowest BCUT2D eigenvalue weighted by Gasteiger charge is -2.11. The number of aromatic amines is 1. The van der Waals surface area contributed by atoms with Crippen LogP contribution in [0.25, 0.3) is 22.2 Å². The molecule has 0 unspecified atom stereocenters. The molecule has 19 heavy (non-hydrogen) atoms. The summed E-state index contributed by atoms with van der Waals surface area (Å²) in [5.41, 5.74) is 5.33. The van der Waals surface area contributed by atoms with Gasteiger partial charge in [0.15, 0.2) is 0 Å². The van der Waals surface area contributed by atoms with E-state index in [1.54, 1.807) is 0 Å². The molecule has 3 aromatic rings. The molecule has 0 saturated carbocycles. The molecule has 0 spiro atoms. The van der Waals surface area contributed by atoms with Gasteiger partial charge in [0, 0.05) is 39.2 Å². The minimum atomic E-state index is 0.235. The second kappa shape index (κ2) is 4.22. The van der Waals surface area contributed by atoms with Crippen molar-refractivity contribution in [3.8, 4) is 11.3 Å². The number of aliphatic hydroxyl groups is 1. The van der Waals surface area contributed by atoms with Gasteiger partial charge in [-0.3, -0.25) is 0 Å². The topological polar surface area (TPSA) is 36.0 Å². The van der Waals surface area contributed by atoms with Gasteiger partial charge in [0.1, 0.15) is 0 Å². The Morgan fingerprint density at radius 3 is 3.00 bits per heavy atom. The van der Waals surface area contributed by atoms with Crippen LogP contribution in [-0.4, -0.2) is 16.7 Å². The Bertz CT molecular complexity index is 753. The predicted molar refractivity (Wildman–Crippen MR) is 79.8 cm³/mol. The number of aryl methyl sites for hydroxylation is 2. The SMILES string of the molecule is OCCc1cc2c(s1)CCc1c-2[nH]c2ccccc12. The fraction of sp³-hybridized carbons (Fsp3) is 0.250. The van der Waals surface area contributed by atoms with Crippen molar-refractivity contribution in [2.45, 2.75) is 19.3 Å². The largest absolute Gasteiger partial charge is 0.396 e. The van der Waals surface area contributed by atoms with E-state index in [9.17, 15) is 0 Å². The summed E-state index contributed by atoms with van der Waals surface area (Å²) in [5, 5.41) is 10.4. The van der Waals surface area contributed by atoms with Gasteiger partial charge in [-0.1, -0.05) is 18.2 Å². The molecule has 0 radical (unpaired) electrons. The van der Waals surface area contributed by atoms with Crippen LogP contribution >= 0.6 is 11.3 Å². The highest BCUT2D eigenvalue weighted by atomic mass is 32.1. The molecule has 1 aliphatic carbocycles. The first-order valence-electron chi connectivity index (χ1n) is 6.69. The number of fused-ring (bicyclic) bond motifs is 5. The molecule has 96 valence electrons. The lowest BCUT2D eigenvalue weighted by Crippen LogP contribution is -1.98. The highest BCUT2D eigenvalue weighted by molar-refractivity contribution is 7.12. The van der Waals surface area contributed by atoms with E-state index in [-0.39, 0.29) is 6.61 Å². The van der Waals surface area contributed by atoms with Crippen molar-refractivity contribution in [1.82, 2.24) is 4.98 Å². The highest BCUT2D eigenvalue weighted by Gasteiger charge is 2.22. The normalized spacial score (nSPS) is 13.5. The van der Waals surface area contributed by atoms with E-state index in [2.05, 4.69) is 35.3 Å². The maximum atomic E-state index is 9.09. The van der Waals surface area contributed by atoms with E-state index in [0.717, 1.165) is 19.3 Å². The molecule has 0 amide bonds. The molecule has 0 fully saturated rings. The first kappa shape index (κ1) is 11.3. The van der Waals surface area contributed by atoms with Crippen molar-refractivity contribution < 1.29 is 5.11 Å². The lowest BCUT2D eigenvalue weighted by atomic mass is 9.94. The second-order valence-electron chi connectivity index (χ2n) is 5.05. The molecule has 2 aromatic heterocycles. The summed E-state index contributed by atoms with van der Waals surface area (Å²) >= 11 is 1.85. The molecule has 4 rings (SSSR count). The van der Waals surface area contributed by atoms with Crippen molar-refractivity contribution in [3.05, 3.63) is 45.6 Å². The molecular weight excluding hydrogens is 254 g/mol. The third-order valence-corrected chi connectivity index (χ3v) is 5.16. The van der Waals surface area contributed by atoms with Crippen LogP contribution in [0.15, 0.2) is 30.3 Å². The van der Waals surface area contributed by atoms with Crippen LogP contribution in [0.2, 0.25) is 0 Å². The molecule has 1 aliphatic rings. The number of para-hydroxylation sites is 1. The van der Waals surface area contributed by atoms with Crippen LogP contribution in [0.1, 0.15) is 15.3 Å². The van der Waals surface area contributed by atoms with Gasteiger partial charge in [0.05, 0.1) is 5.69 Å². The quantitative estimate of drug-likeness (QED) is 0.733. The summed E-state index contributed by atoms with van der Waals surface area (Å²) in [6.07, 6.45) is 3.01. The van der Waals surface area contributed by atoms with E-state index in [4.69, 9.17) is 5.11 Å². The van der Waals surface area contributed by atoms with E-state index >= 15 is 0 Å². The molecule has 0 atom stereocenters. The maximum absolute atomic E-state index is 9.09. The first-order chi connectivity index (χ1) is 9.36. The van der Waals surface area contributed by atoms with E-state index < -0.39 is 0 Å². The van der Waals surface area contributed by atoms with Crippen molar-refractivity contribution >= 4 is 22.2 Å². The Morgan fingerprint density at radius 2 is 2.11 bits per heavy atom. The fourth-order valence-electron chi connectivity index (χ4n) is 3.04. The van der Waals surface area contributed by atoms with E-state index in [1.165, 1.54) is 37.5 Å². The minimum absolute atomic E-state index is 0.235. The Morgan fingerprint density at radius 1 is 1.21 bits per heavy atom. The summed E-state index contributed by atoms with van der Waals surface area (Å²) in [5.74, 6) is 0. The van der Waals surface area contributed by atoms with Crippen LogP contribution in [0, 0.1) is 0 Å². The minimum Gasteiger partial charge on any atom is -0.396 e. The molecule has 2 heterocycles. The summed E-state index contributed by atoms with van der Waals surface area (Å²) in [4.78, 5) is 6.32. The van der Waals surface area contributed by atoms with Gasteiger partial charge >= 0.3 is 0 Å². The first-order valence-corrected chi connectivity index (χ1v) is 7.51. The number of rotatable bonds is 2. The number of aliphatic hydroxyl groups excluding tert-OH is 1. The number of aromatic nitrogens is 1. The Hall–Kier alpha value is -1.58. The molecular formula is C16H15NOS. The lowest BCUT2D eigenvalue weighted by molar-refractivity contribution is 0.300. The zero-order chi connectivity index (χ0) is 12.8. The van der Waals surface area contributed by atoms with Crippen molar-refractivity contribution in [2.75, 3.05) is 6.61 Å². The zero-order valence-corrected chi connectivity index (χ0v) is 11.4. The van der Waals surface area contributed by atoms with Gasteiger partial charge in [0.25, 0.3) is 0 Å². The number of hydrogen-bond acceptors (Lipinski definition) is 2. The second-order valence-corrected chi connectivity index (χ2v) is 6.27. The number of hydrogen-bond donors (Lipinski definition) is 2. The third kappa shape index (κ3) is 1.66. The van der Waals surface area contributed by atoms with Gasteiger partial charge in [-0.2, -0.15) is 0 Å². The average molecular weight is 269 g/mol. The standard InChI is InChI=1S/C16H15NOS/c18-8-7-10-9-13-15(19-10)6-5-12-11-3-1-2-4-14(11)17-16(12)13/h1-4,9,17-18H,5-8H2. The molecule has 1 aromatic carbocycles. The molecule has 0 saturated heterocycles. The van der Waals surface area contributed by atoms with Gasteiger partial charge < -0.3 is 10.1 Å². The van der Waals surface area contributed by atoms with Crippen LogP contribution in [0.3, 0.4) is 0 Å². The smallest absolute Gasteiger partial charge is 0.0508 e. The third-order valence-electron chi connectivity index (χ3n) is 3.90. The summed E-state index contributed by atoms with van der Waals surface area (Å²) in [7, 11) is 0. The highest BCUT2D eigenvalue weighted by Crippen LogP contribution is 2.41. The average Bonchev–Trinajstić information content (AvgIpc) is 2.98. The number of H-pyrrole nitrogens is 1. The van der Waals surface area contributed by atoms with E-state index in [1.807, 2.05) is 11.3 Å². The van der Waals surface area contributed by atoms with Gasteiger partial charge in [0.2, 0.25) is 0 Å². The summed E-state index contributed by atoms with van der Waals surface area (Å²) in [6, 6.07) is 10.8. The Kier molecular flexibility index (Phi) is 2.50. The Labute approximate surface area is 115 Å². The van der Waals surface area contributed by atoms with Crippen LogP contribution < -0.4 is 0 Å². The molecule has 0 bridgehead atoms. The van der Waals surface area contributed by atoms with Crippen LogP contribution in [-0.2, 0) is 19.3 Å². The zero-order valence-electron chi connectivity index (χ0n) is 10.6. The van der Waals surface area contributed by atoms with Gasteiger partial charge in [-0.05, 0) is 30.5 Å². The Balaban J connectivity index is 1.93. The van der Waals surface area contributed by atoms with Crippen molar-refractivity contribution in [2.24, 2.45) is 0 Å². The fourth-order valence-corrected chi connectivity index (χ4v) is 4.20. The molecule has 2 N–H and O–H groups in total. The van der Waals surface area contributed by atoms with Crippen LogP contribution in [0.4, 0.5) is 0 Å². The summed E-state index contributed by atoms with van der Waals surface area (Å²) in [6.45, 7) is 0.235. The van der Waals surface area contributed by atoms with Crippen molar-refractivity contribution in [3.63, 3.8) is 0 Å². The van der Waals surface area contributed by atoms with Gasteiger partial charge in [-0.15, -0.1) is 11.3 Å². The number of benzene rings is 1.